The van der Waals surface area contributed by atoms with Crippen LogP contribution in [0.25, 0.3) is 0 Å². The van der Waals surface area contributed by atoms with Crippen molar-refractivity contribution in [1.29, 1.82) is 0 Å². The number of ether oxygens (including phenoxy) is 1. The van der Waals surface area contributed by atoms with Gasteiger partial charge in [0.05, 0.1) is 5.69 Å². The summed E-state index contributed by atoms with van der Waals surface area (Å²) in [5.41, 5.74) is 1.87. The smallest absolute Gasteiger partial charge is 0.174 e. The Morgan fingerprint density at radius 3 is 2.85 bits per heavy atom. The first-order chi connectivity index (χ1) is 9.54. The molecule has 5 heteroatoms. The zero-order chi connectivity index (χ0) is 14.5. The number of aromatic nitrogens is 1. The van der Waals surface area contributed by atoms with Gasteiger partial charge in [-0.1, -0.05) is 30.6 Å². The molecule has 0 atom stereocenters. The molecule has 0 aliphatic rings. The van der Waals surface area contributed by atoms with Gasteiger partial charge in [0.25, 0.3) is 0 Å². The van der Waals surface area contributed by atoms with Gasteiger partial charge in [0.2, 0.25) is 0 Å². The number of rotatable bonds is 6. The molecular formula is C15H19ClN2O2. The van der Waals surface area contributed by atoms with Crippen LogP contribution in [0, 0.1) is 6.92 Å². The highest BCUT2D eigenvalue weighted by atomic mass is 35.5. The van der Waals surface area contributed by atoms with Crippen LogP contribution < -0.4 is 10.1 Å². The highest BCUT2D eigenvalue weighted by Crippen LogP contribution is 2.21. The van der Waals surface area contributed by atoms with Crippen LogP contribution in [0.2, 0.25) is 5.02 Å². The number of hydrogen-bond donors (Lipinski definition) is 1. The SMILES string of the molecule is Cc1cc(OCc2cc(CNC(C)C)no2)ccc1Cl. The van der Waals surface area contributed by atoms with Crippen molar-refractivity contribution in [1.82, 2.24) is 10.5 Å². The molecule has 0 fully saturated rings. The molecule has 0 saturated heterocycles. The van der Waals surface area contributed by atoms with Crippen LogP contribution in [0.3, 0.4) is 0 Å². The second-order valence-corrected chi connectivity index (χ2v) is 5.43. The van der Waals surface area contributed by atoms with Gasteiger partial charge in [-0.15, -0.1) is 0 Å². The Balaban J connectivity index is 1.89. The van der Waals surface area contributed by atoms with Crippen molar-refractivity contribution in [2.24, 2.45) is 0 Å². The van der Waals surface area contributed by atoms with Crippen molar-refractivity contribution < 1.29 is 9.26 Å². The molecule has 0 bridgehead atoms. The van der Waals surface area contributed by atoms with E-state index in [1.807, 2.05) is 31.2 Å². The lowest BCUT2D eigenvalue weighted by Gasteiger charge is -2.05. The topological polar surface area (TPSA) is 47.3 Å². The number of nitrogens with one attached hydrogen (secondary N) is 1. The Bertz CT molecular complexity index is 567. The third-order valence-electron chi connectivity index (χ3n) is 2.81. The zero-order valence-electron chi connectivity index (χ0n) is 11.9. The van der Waals surface area contributed by atoms with Crippen LogP contribution in [0.5, 0.6) is 5.75 Å². The van der Waals surface area contributed by atoms with Gasteiger partial charge >= 0.3 is 0 Å². The first-order valence-corrected chi connectivity index (χ1v) is 6.99. The van der Waals surface area contributed by atoms with Crippen molar-refractivity contribution in [3.63, 3.8) is 0 Å². The highest BCUT2D eigenvalue weighted by Gasteiger charge is 2.06. The maximum Gasteiger partial charge on any atom is 0.174 e. The molecule has 1 heterocycles. The van der Waals surface area contributed by atoms with E-state index in [1.165, 1.54) is 0 Å². The second kappa shape index (κ2) is 6.77. The summed E-state index contributed by atoms with van der Waals surface area (Å²) in [6, 6.07) is 7.89. The lowest BCUT2D eigenvalue weighted by atomic mass is 10.2. The van der Waals surface area contributed by atoms with Crippen LogP contribution in [0.1, 0.15) is 30.9 Å². The molecule has 0 aliphatic carbocycles. The quantitative estimate of drug-likeness (QED) is 0.882. The zero-order valence-corrected chi connectivity index (χ0v) is 12.7. The normalized spacial score (nSPS) is 11.1. The summed E-state index contributed by atoms with van der Waals surface area (Å²) >= 11 is 5.97. The third kappa shape index (κ3) is 4.25. The van der Waals surface area contributed by atoms with E-state index in [-0.39, 0.29) is 0 Å². The average molecular weight is 295 g/mol. The van der Waals surface area contributed by atoms with Crippen LogP contribution in [0.15, 0.2) is 28.8 Å². The van der Waals surface area contributed by atoms with Gasteiger partial charge in [-0.25, -0.2) is 0 Å². The Morgan fingerprint density at radius 2 is 2.15 bits per heavy atom. The summed E-state index contributed by atoms with van der Waals surface area (Å²) < 4.78 is 10.9. The van der Waals surface area contributed by atoms with E-state index < -0.39 is 0 Å². The summed E-state index contributed by atoms with van der Waals surface area (Å²) in [7, 11) is 0. The predicted octanol–water partition coefficient (Wildman–Crippen LogP) is 3.71. The molecule has 0 amide bonds. The highest BCUT2D eigenvalue weighted by molar-refractivity contribution is 6.31. The molecule has 1 aromatic carbocycles. The van der Waals surface area contributed by atoms with Crippen LogP contribution in [-0.2, 0) is 13.2 Å². The van der Waals surface area contributed by atoms with Gasteiger partial charge in [-0.05, 0) is 30.7 Å². The van der Waals surface area contributed by atoms with Crippen molar-refractivity contribution in [2.75, 3.05) is 0 Å². The van der Waals surface area contributed by atoms with Gasteiger partial charge < -0.3 is 14.6 Å². The van der Waals surface area contributed by atoms with Crippen molar-refractivity contribution in [3.8, 4) is 5.75 Å². The molecule has 0 aliphatic heterocycles. The minimum absolute atomic E-state index is 0.357. The van der Waals surface area contributed by atoms with Gasteiger partial charge in [-0.2, -0.15) is 0 Å². The fraction of sp³-hybridized carbons (Fsp3) is 0.400. The second-order valence-electron chi connectivity index (χ2n) is 5.02. The molecule has 2 rings (SSSR count). The van der Waals surface area contributed by atoms with Crippen molar-refractivity contribution >= 4 is 11.6 Å². The number of benzene rings is 1. The summed E-state index contributed by atoms with van der Waals surface area (Å²) in [6.07, 6.45) is 0. The maximum atomic E-state index is 5.97. The van der Waals surface area contributed by atoms with E-state index in [2.05, 4.69) is 24.3 Å². The summed E-state index contributed by atoms with van der Waals surface area (Å²) in [6.45, 7) is 7.18. The molecular weight excluding hydrogens is 276 g/mol. The molecule has 0 spiro atoms. The number of halogens is 1. The predicted molar refractivity (Wildman–Crippen MR) is 79.0 cm³/mol. The molecule has 0 radical (unpaired) electrons. The first kappa shape index (κ1) is 14.9. The van der Waals surface area contributed by atoms with Gasteiger partial charge in [-0.3, -0.25) is 0 Å². The molecule has 2 aromatic rings. The number of nitrogens with zero attached hydrogens (tertiary/aromatic N) is 1. The fourth-order valence-electron chi connectivity index (χ4n) is 1.68. The van der Waals surface area contributed by atoms with Crippen molar-refractivity contribution in [3.05, 3.63) is 46.3 Å². The molecule has 20 heavy (non-hydrogen) atoms. The summed E-state index contributed by atoms with van der Waals surface area (Å²) in [5, 5.41) is 8.01. The minimum Gasteiger partial charge on any atom is -0.486 e. The van der Waals surface area contributed by atoms with E-state index >= 15 is 0 Å². The minimum atomic E-state index is 0.357. The maximum absolute atomic E-state index is 5.97. The average Bonchev–Trinajstić information content (AvgIpc) is 2.86. The largest absolute Gasteiger partial charge is 0.486 e. The molecule has 1 aromatic heterocycles. The Morgan fingerprint density at radius 1 is 1.35 bits per heavy atom. The van der Waals surface area contributed by atoms with E-state index in [0.29, 0.717) is 25.0 Å². The van der Waals surface area contributed by atoms with Gasteiger partial charge in [0.15, 0.2) is 5.76 Å². The standard InChI is InChI=1S/C15H19ClN2O2/c1-10(2)17-8-12-7-14(20-18-12)9-19-13-4-5-15(16)11(3)6-13/h4-7,10,17H,8-9H2,1-3H3. The van der Waals surface area contributed by atoms with Crippen molar-refractivity contribution in [2.45, 2.75) is 40.0 Å². The monoisotopic (exact) mass is 294 g/mol. The van der Waals surface area contributed by atoms with E-state index in [4.69, 9.17) is 20.9 Å². The lowest BCUT2D eigenvalue weighted by molar-refractivity contribution is 0.248. The Hall–Kier alpha value is -1.52. The lowest BCUT2D eigenvalue weighted by Crippen LogP contribution is -2.21. The van der Waals surface area contributed by atoms with Gasteiger partial charge in [0.1, 0.15) is 12.4 Å². The molecule has 0 saturated carbocycles. The Labute approximate surface area is 124 Å². The third-order valence-corrected chi connectivity index (χ3v) is 3.23. The van der Waals surface area contributed by atoms with Crippen LogP contribution in [-0.4, -0.2) is 11.2 Å². The van der Waals surface area contributed by atoms with E-state index in [0.717, 1.165) is 22.0 Å². The van der Waals surface area contributed by atoms with E-state index in [9.17, 15) is 0 Å². The Kier molecular flexibility index (Phi) is 5.04. The first-order valence-electron chi connectivity index (χ1n) is 6.61. The van der Waals surface area contributed by atoms with Crippen LogP contribution >= 0.6 is 11.6 Å². The number of aryl methyl sites for hydroxylation is 1. The number of hydrogen-bond acceptors (Lipinski definition) is 4. The summed E-state index contributed by atoms with van der Waals surface area (Å²) in [4.78, 5) is 0. The molecule has 4 nitrogen and oxygen atoms in total. The fourth-order valence-corrected chi connectivity index (χ4v) is 1.79. The van der Waals surface area contributed by atoms with Gasteiger partial charge in [0, 0.05) is 23.7 Å². The molecule has 108 valence electrons. The van der Waals surface area contributed by atoms with E-state index in [1.54, 1.807) is 0 Å². The molecule has 1 N–H and O–H groups in total. The summed E-state index contributed by atoms with van der Waals surface area (Å²) in [5.74, 6) is 1.48. The van der Waals surface area contributed by atoms with Crippen LogP contribution in [0.4, 0.5) is 0 Å². The molecule has 0 unspecified atom stereocenters.